The molecular formula is C18H17NO2. The van der Waals surface area contributed by atoms with E-state index in [2.05, 4.69) is 4.98 Å². The number of aromatic nitrogens is 1. The van der Waals surface area contributed by atoms with E-state index < -0.39 is 5.92 Å². The summed E-state index contributed by atoms with van der Waals surface area (Å²) < 4.78 is 0. The molecule has 3 nitrogen and oxygen atoms in total. The molecule has 0 bridgehead atoms. The van der Waals surface area contributed by atoms with Crippen LogP contribution >= 0.6 is 0 Å². The minimum absolute atomic E-state index is 0.114. The molecule has 0 spiro atoms. The lowest BCUT2D eigenvalue weighted by atomic mass is 9.90. The third kappa shape index (κ3) is 1.77. The van der Waals surface area contributed by atoms with Gasteiger partial charge in [-0.05, 0) is 62.1 Å². The summed E-state index contributed by atoms with van der Waals surface area (Å²) in [4.78, 5) is 29.8. The van der Waals surface area contributed by atoms with Crippen molar-refractivity contribution in [3.8, 4) is 0 Å². The van der Waals surface area contributed by atoms with E-state index in [1.54, 1.807) is 18.3 Å². The van der Waals surface area contributed by atoms with Crippen LogP contribution in [-0.2, 0) is 0 Å². The standard InChI is InChI=1S/C18H17NO2/c1-9-10(2)12(4)15-14(11(9)3)17(20)16(18(15)21)13-7-5-6-8-19-13/h5-8,16H,1-4H3. The SMILES string of the molecule is Cc1c(C)c(C)c2c(c1C)C(=O)C(c1ccccn1)C2=O. The molecule has 0 fully saturated rings. The van der Waals surface area contributed by atoms with E-state index in [0.717, 1.165) is 22.3 Å². The summed E-state index contributed by atoms with van der Waals surface area (Å²) in [5, 5.41) is 0. The predicted molar refractivity (Wildman–Crippen MR) is 81.0 cm³/mol. The van der Waals surface area contributed by atoms with Crippen molar-refractivity contribution < 1.29 is 9.59 Å². The van der Waals surface area contributed by atoms with E-state index in [1.807, 2.05) is 33.8 Å². The molecule has 1 aromatic heterocycles. The average molecular weight is 279 g/mol. The maximum Gasteiger partial charge on any atom is 0.180 e. The lowest BCUT2D eigenvalue weighted by Gasteiger charge is -2.13. The highest BCUT2D eigenvalue weighted by Gasteiger charge is 2.43. The zero-order valence-electron chi connectivity index (χ0n) is 12.7. The second-order valence-corrected chi connectivity index (χ2v) is 5.67. The molecule has 0 radical (unpaired) electrons. The number of nitrogens with zero attached hydrogens (tertiary/aromatic N) is 1. The molecule has 0 amide bonds. The summed E-state index contributed by atoms with van der Waals surface area (Å²) in [5.41, 5.74) is 5.75. The Balaban J connectivity index is 2.27. The Morgan fingerprint density at radius 3 is 1.76 bits per heavy atom. The number of Topliss-reactive ketones (excluding diaryl/α,β-unsaturated/α-hetero) is 2. The van der Waals surface area contributed by atoms with Crippen molar-refractivity contribution in [2.75, 3.05) is 0 Å². The largest absolute Gasteiger partial charge is 0.293 e. The lowest BCUT2D eigenvalue weighted by molar-refractivity contribution is 0.0887. The Labute approximate surface area is 124 Å². The highest BCUT2D eigenvalue weighted by atomic mass is 16.2. The molecule has 1 aromatic carbocycles. The van der Waals surface area contributed by atoms with Crippen molar-refractivity contribution in [3.05, 3.63) is 63.5 Å². The number of rotatable bonds is 1. The number of hydrogen-bond acceptors (Lipinski definition) is 3. The first-order chi connectivity index (χ1) is 9.95. The fraction of sp³-hybridized carbons (Fsp3) is 0.278. The zero-order valence-corrected chi connectivity index (χ0v) is 12.7. The maximum atomic E-state index is 12.8. The van der Waals surface area contributed by atoms with Gasteiger partial charge in [0.25, 0.3) is 0 Å². The van der Waals surface area contributed by atoms with Crippen LogP contribution in [0.4, 0.5) is 0 Å². The molecule has 1 heterocycles. The number of benzene rings is 1. The Morgan fingerprint density at radius 1 is 0.810 bits per heavy atom. The Kier molecular flexibility index (Phi) is 3.01. The van der Waals surface area contributed by atoms with Crippen LogP contribution in [0.15, 0.2) is 24.4 Å². The van der Waals surface area contributed by atoms with Crippen LogP contribution in [0.25, 0.3) is 0 Å². The topological polar surface area (TPSA) is 47.0 Å². The highest BCUT2D eigenvalue weighted by molar-refractivity contribution is 6.30. The van der Waals surface area contributed by atoms with Gasteiger partial charge in [0, 0.05) is 17.3 Å². The van der Waals surface area contributed by atoms with Crippen LogP contribution in [0.2, 0.25) is 0 Å². The number of fused-ring (bicyclic) bond motifs is 1. The summed E-state index contributed by atoms with van der Waals surface area (Å²) >= 11 is 0. The number of carbonyl (C=O) groups excluding carboxylic acids is 2. The normalized spacial score (nSPS) is 14.7. The summed E-state index contributed by atoms with van der Waals surface area (Å²) in [7, 11) is 0. The fourth-order valence-electron chi connectivity index (χ4n) is 3.15. The van der Waals surface area contributed by atoms with Crippen molar-refractivity contribution in [3.63, 3.8) is 0 Å². The molecule has 0 saturated carbocycles. The summed E-state index contributed by atoms with van der Waals surface area (Å²) in [6, 6.07) is 5.34. The summed E-state index contributed by atoms with van der Waals surface area (Å²) in [6.07, 6.45) is 1.62. The fourth-order valence-corrected chi connectivity index (χ4v) is 3.15. The Hall–Kier alpha value is -2.29. The Morgan fingerprint density at radius 2 is 1.33 bits per heavy atom. The third-order valence-electron chi connectivity index (χ3n) is 4.69. The molecule has 0 unspecified atom stereocenters. The van der Waals surface area contributed by atoms with Gasteiger partial charge in [0.05, 0.1) is 5.69 Å². The highest BCUT2D eigenvalue weighted by Crippen LogP contribution is 2.39. The average Bonchev–Trinajstić information content (AvgIpc) is 2.75. The van der Waals surface area contributed by atoms with Gasteiger partial charge >= 0.3 is 0 Å². The molecule has 0 saturated heterocycles. The van der Waals surface area contributed by atoms with Gasteiger partial charge in [-0.1, -0.05) is 6.07 Å². The molecule has 0 aliphatic heterocycles. The molecule has 1 aliphatic carbocycles. The Bertz CT molecular complexity index is 729. The number of pyridine rings is 1. The minimum Gasteiger partial charge on any atom is -0.293 e. The van der Waals surface area contributed by atoms with Crippen LogP contribution in [0, 0.1) is 27.7 Å². The molecule has 0 atom stereocenters. The van der Waals surface area contributed by atoms with Crippen LogP contribution < -0.4 is 0 Å². The molecule has 106 valence electrons. The van der Waals surface area contributed by atoms with Crippen LogP contribution in [0.1, 0.15) is 54.6 Å². The van der Waals surface area contributed by atoms with Gasteiger partial charge in [-0.2, -0.15) is 0 Å². The monoisotopic (exact) mass is 279 g/mol. The first-order valence-corrected chi connectivity index (χ1v) is 7.04. The van der Waals surface area contributed by atoms with Crippen LogP contribution in [0.3, 0.4) is 0 Å². The van der Waals surface area contributed by atoms with Crippen molar-refractivity contribution in [2.24, 2.45) is 0 Å². The van der Waals surface area contributed by atoms with Gasteiger partial charge in [-0.25, -0.2) is 0 Å². The van der Waals surface area contributed by atoms with E-state index in [0.29, 0.717) is 16.8 Å². The quantitative estimate of drug-likeness (QED) is 0.751. The molecular weight excluding hydrogens is 262 g/mol. The van der Waals surface area contributed by atoms with Crippen LogP contribution in [0.5, 0.6) is 0 Å². The van der Waals surface area contributed by atoms with Crippen molar-refractivity contribution >= 4 is 11.6 Å². The molecule has 21 heavy (non-hydrogen) atoms. The van der Waals surface area contributed by atoms with Crippen LogP contribution in [-0.4, -0.2) is 16.6 Å². The predicted octanol–water partition coefficient (Wildman–Crippen LogP) is 3.48. The summed E-state index contributed by atoms with van der Waals surface area (Å²) in [5.74, 6) is -1.00. The van der Waals surface area contributed by atoms with Crippen molar-refractivity contribution in [1.82, 2.24) is 4.98 Å². The van der Waals surface area contributed by atoms with E-state index >= 15 is 0 Å². The smallest absolute Gasteiger partial charge is 0.180 e. The zero-order chi connectivity index (χ0) is 15.3. The van der Waals surface area contributed by atoms with Crippen molar-refractivity contribution in [2.45, 2.75) is 33.6 Å². The first-order valence-electron chi connectivity index (χ1n) is 7.04. The van der Waals surface area contributed by atoms with Gasteiger partial charge in [0.2, 0.25) is 0 Å². The van der Waals surface area contributed by atoms with Crippen molar-refractivity contribution in [1.29, 1.82) is 0 Å². The molecule has 3 heteroatoms. The van der Waals surface area contributed by atoms with E-state index in [9.17, 15) is 9.59 Å². The second-order valence-electron chi connectivity index (χ2n) is 5.67. The number of ketones is 2. The van der Waals surface area contributed by atoms with Gasteiger partial charge in [-0.3, -0.25) is 14.6 Å². The molecule has 3 rings (SSSR count). The van der Waals surface area contributed by atoms with E-state index in [-0.39, 0.29) is 11.6 Å². The second kappa shape index (κ2) is 4.62. The molecule has 0 N–H and O–H groups in total. The first kappa shape index (κ1) is 13.7. The van der Waals surface area contributed by atoms with E-state index in [4.69, 9.17) is 0 Å². The maximum absolute atomic E-state index is 12.8. The number of carbonyl (C=O) groups is 2. The minimum atomic E-state index is -0.778. The van der Waals surface area contributed by atoms with Gasteiger partial charge in [-0.15, -0.1) is 0 Å². The molecule has 2 aromatic rings. The lowest BCUT2D eigenvalue weighted by Crippen LogP contribution is -2.14. The number of hydrogen-bond donors (Lipinski definition) is 0. The third-order valence-corrected chi connectivity index (χ3v) is 4.69. The molecule has 1 aliphatic rings. The van der Waals surface area contributed by atoms with Gasteiger partial charge in [0.1, 0.15) is 5.92 Å². The van der Waals surface area contributed by atoms with Gasteiger partial charge in [0.15, 0.2) is 11.6 Å². The summed E-state index contributed by atoms with van der Waals surface area (Å²) in [6.45, 7) is 7.85. The van der Waals surface area contributed by atoms with E-state index in [1.165, 1.54) is 0 Å². The van der Waals surface area contributed by atoms with Gasteiger partial charge < -0.3 is 0 Å².